The van der Waals surface area contributed by atoms with E-state index in [4.69, 9.17) is 18.0 Å². The van der Waals surface area contributed by atoms with E-state index in [1.54, 1.807) is 6.07 Å². The number of thiocarbonyl (C=S) groups is 1. The second kappa shape index (κ2) is 7.36. The Bertz CT molecular complexity index is 490. The fourth-order valence-electron chi connectivity index (χ4n) is 1.85. The van der Waals surface area contributed by atoms with Gasteiger partial charge < -0.3 is 11.1 Å². The number of carbonyl (C=O) groups excluding carboxylic acids is 1. The molecule has 0 bridgehead atoms. The van der Waals surface area contributed by atoms with Crippen LogP contribution in [0.4, 0.5) is 5.69 Å². The highest BCUT2D eigenvalue weighted by Gasteiger charge is 2.21. The van der Waals surface area contributed by atoms with Gasteiger partial charge in [-0.05, 0) is 39.4 Å². The molecular weight excluding hydrogens is 270 g/mol. The topological polar surface area (TPSA) is 58.4 Å². The van der Waals surface area contributed by atoms with Crippen LogP contribution in [0.2, 0.25) is 0 Å². The monoisotopic (exact) mass is 293 g/mol. The van der Waals surface area contributed by atoms with Gasteiger partial charge in [-0.1, -0.05) is 31.3 Å². The summed E-state index contributed by atoms with van der Waals surface area (Å²) < 4.78 is 0. The SMILES string of the molecule is CCC(C)N(C)C(C)C(=O)Nc1cccc(C(N)=S)c1. The molecular formula is C15H23N3OS. The van der Waals surface area contributed by atoms with Crippen LogP contribution in [0.25, 0.3) is 0 Å². The Kier molecular flexibility index (Phi) is 6.10. The molecule has 0 aliphatic carbocycles. The van der Waals surface area contributed by atoms with E-state index in [0.717, 1.165) is 12.0 Å². The van der Waals surface area contributed by atoms with Gasteiger partial charge in [0, 0.05) is 17.3 Å². The van der Waals surface area contributed by atoms with Crippen molar-refractivity contribution in [3.63, 3.8) is 0 Å². The van der Waals surface area contributed by atoms with E-state index in [2.05, 4.69) is 24.1 Å². The van der Waals surface area contributed by atoms with Gasteiger partial charge in [0.15, 0.2) is 0 Å². The second-order valence-corrected chi connectivity index (χ2v) is 5.47. The Morgan fingerprint density at radius 2 is 2.10 bits per heavy atom. The third-order valence-corrected chi connectivity index (χ3v) is 3.93. The molecule has 110 valence electrons. The molecule has 1 rings (SSSR count). The summed E-state index contributed by atoms with van der Waals surface area (Å²) in [6, 6.07) is 7.43. The Morgan fingerprint density at radius 1 is 1.45 bits per heavy atom. The number of nitrogens with zero attached hydrogens (tertiary/aromatic N) is 1. The maximum Gasteiger partial charge on any atom is 0.241 e. The second-order valence-electron chi connectivity index (χ2n) is 5.03. The van der Waals surface area contributed by atoms with Crippen molar-refractivity contribution >= 4 is 28.8 Å². The summed E-state index contributed by atoms with van der Waals surface area (Å²) in [5, 5.41) is 2.90. The van der Waals surface area contributed by atoms with Gasteiger partial charge in [0.05, 0.1) is 6.04 Å². The zero-order valence-corrected chi connectivity index (χ0v) is 13.3. The first-order valence-corrected chi connectivity index (χ1v) is 7.20. The van der Waals surface area contributed by atoms with Crippen LogP contribution in [0.15, 0.2) is 24.3 Å². The molecule has 0 aliphatic heterocycles. The summed E-state index contributed by atoms with van der Waals surface area (Å²) in [5.41, 5.74) is 7.05. The first kappa shape index (κ1) is 16.6. The highest BCUT2D eigenvalue weighted by Crippen LogP contribution is 2.13. The minimum atomic E-state index is -0.196. The maximum atomic E-state index is 12.2. The Balaban J connectivity index is 2.75. The molecule has 0 aliphatic rings. The molecule has 0 spiro atoms. The van der Waals surface area contributed by atoms with Gasteiger partial charge in [0.1, 0.15) is 4.99 Å². The van der Waals surface area contributed by atoms with E-state index in [9.17, 15) is 4.79 Å². The lowest BCUT2D eigenvalue weighted by Crippen LogP contribution is -2.44. The van der Waals surface area contributed by atoms with Gasteiger partial charge >= 0.3 is 0 Å². The molecule has 20 heavy (non-hydrogen) atoms. The van der Waals surface area contributed by atoms with Crippen LogP contribution in [0, 0.1) is 0 Å². The summed E-state index contributed by atoms with van der Waals surface area (Å²) in [4.78, 5) is 14.6. The predicted molar refractivity (Wildman–Crippen MR) is 87.9 cm³/mol. The number of nitrogens with one attached hydrogen (secondary N) is 1. The van der Waals surface area contributed by atoms with E-state index in [1.165, 1.54) is 0 Å². The number of rotatable bonds is 6. The Labute approximate surface area is 126 Å². The average molecular weight is 293 g/mol. The largest absolute Gasteiger partial charge is 0.389 e. The number of likely N-dealkylation sites (N-methyl/N-ethyl adjacent to an activating group) is 1. The fourth-order valence-corrected chi connectivity index (χ4v) is 1.98. The van der Waals surface area contributed by atoms with Crippen LogP contribution in [-0.4, -0.2) is 34.9 Å². The molecule has 1 aromatic rings. The van der Waals surface area contributed by atoms with Crippen molar-refractivity contribution in [1.82, 2.24) is 4.90 Å². The number of anilines is 1. The quantitative estimate of drug-likeness (QED) is 0.791. The standard InChI is InChI=1S/C15H23N3OS/c1-5-10(2)18(4)11(3)15(19)17-13-8-6-7-12(9-13)14(16)20/h6-11H,5H2,1-4H3,(H2,16,20)(H,17,19). The molecule has 1 aromatic carbocycles. The van der Waals surface area contributed by atoms with Gasteiger partial charge in [-0.15, -0.1) is 0 Å². The zero-order chi connectivity index (χ0) is 15.3. The predicted octanol–water partition coefficient (Wildman–Crippen LogP) is 2.38. The third kappa shape index (κ3) is 4.28. The van der Waals surface area contributed by atoms with E-state index in [1.807, 2.05) is 32.2 Å². The Morgan fingerprint density at radius 3 is 2.65 bits per heavy atom. The number of hydrogen-bond acceptors (Lipinski definition) is 3. The minimum absolute atomic E-state index is 0.0344. The van der Waals surface area contributed by atoms with Crippen molar-refractivity contribution in [3.8, 4) is 0 Å². The molecule has 0 saturated heterocycles. The van der Waals surface area contributed by atoms with Gasteiger partial charge in [0.25, 0.3) is 0 Å². The lowest BCUT2D eigenvalue weighted by molar-refractivity contribution is -0.120. The maximum absolute atomic E-state index is 12.2. The summed E-state index contributed by atoms with van der Waals surface area (Å²) in [7, 11) is 1.96. The van der Waals surface area contributed by atoms with Crippen molar-refractivity contribution < 1.29 is 4.79 Å². The van der Waals surface area contributed by atoms with Crippen LogP contribution in [0.3, 0.4) is 0 Å². The number of nitrogens with two attached hydrogens (primary N) is 1. The summed E-state index contributed by atoms with van der Waals surface area (Å²) in [6.45, 7) is 6.12. The highest BCUT2D eigenvalue weighted by atomic mass is 32.1. The van der Waals surface area contributed by atoms with E-state index >= 15 is 0 Å². The molecule has 0 fully saturated rings. The summed E-state index contributed by atoms with van der Waals surface area (Å²) in [5.74, 6) is -0.0344. The molecule has 0 saturated carbocycles. The zero-order valence-electron chi connectivity index (χ0n) is 12.5. The number of amides is 1. The third-order valence-electron chi connectivity index (χ3n) is 3.69. The van der Waals surface area contributed by atoms with Crippen LogP contribution < -0.4 is 11.1 Å². The highest BCUT2D eigenvalue weighted by molar-refractivity contribution is 7.80. The van der Waals surface area contributed by atoms with Crippen molar-refractivity contribution in [2.45, 2.75) is 39.3 Å². The number of benzene rings is 1. The molecule has 0 aromatic heterocycles. The van der Waals surface area contributed by atoms with Gasteiger partial charge in [-0.25, -0.2) is 0 Å². The Hall–Kier alpha value is -1.46. The van der Waals surface area contributed by atoms with Gasteiger partial charge in [-0.3, -0.25) is 9.69 Å². The number of carbonyl (C=O) groups is 1. The van der Waals surface area contributed by atoms with Crippen molar-refractivity contribution in [2.75, 3.05) is 12.4 Å². The van der Waals surface area contributed by atoms with Crippen LogP contribution in [0.5, 0.6) is 0 Å². The van der Waals surface area contributed by atoms with Gasteiger partial charge in [-0.2, -0.15) is 0 Å². The molecule has 0 heterocycles. The normalized spacial score (nSPS) is 13.8. The molecule has 2 atom stereocenters. The van der Waals surface area contributed by atoms with Gasteiger partial charge in [0.2, 0.25) is 5.91 Å². The number of hydrogen-bond donors (Lipinski definition) is 2. The van der Waals surface area contributed by atoms with Crippen molar-refractivity contribution in [1.29, 1.82) is 0 Å². The summed E-state index contributed by atoms with van der Waals surface area (Å²) in [6.07, 6.45) is 1.01. The van der Waals surface area contributed by atoms with Crippen molar-refractivity contribution in [3.05, 3.63) is 29.8 Å². The lowest BCUT2D eigenvalue weighted by Gasteiger charge is -2.29. The minimum Gasteiger partial charge on any atom is -0.389 e. The molecule has 3 N–H and O–H groups in total. The smallest absolute Gasteiger partial charge is 0.241 e. The van der Waals surface area contributed by atoms with E-state index in [0.29, 0.717) is 16.7 Å². The lowest BCUT2D eigenvalue weighted by atomic mass is 10.1. The summed E-state index contributed by atoms with van der Waals surface area (Å²) >= 11 is 4.94. The van der Waals surface area contributed by atoms with Crippen LogP contribution in [0.1, 0.15) is 32.8 Å². The average Bonchev–Trinajstić information content (AvgIpc) is 2.44. The molecule has 0 radical (unpaired) electrons. The van der Waals surface area contributed by atoms with Crippen LogP contribution >= 0.6 is 12.2 Å². The first-order valence-electron chi connectivity index (χ1n) is 6.79. The molecule has 4 nitrogen and oxygen atoms in total. The van der Waals surface area contributed by atoms with E-state index in [-0.39, 0.29) is 11.9 Å². The molecule has 1 amide bonds. The molecule has 2 unspecified atom stereocenters. The first-order chi connectivity index (χ1) is 9.36. The van der Waals surface area contributed by atoms with Crippen molar-refractivity contribution in [2.24, 2.45) is 5.73 Å². The fraction of sp³-hybridized carbons (Fsp3) is 0.467. The van der Waals surface area contributed by atoms with Crippen LogP contribution in [-0.2, 0) is 4.79 Å². The van der Waals surface area contributed by atoms with E-state index < -0.39 is 0 Å². The molecule has 5 heteroatoms.